The van der Waals surface area contributed by atoms with Gasteiger partial charge in [-0.2, -0.15) is 0 Å². The van der Waals surface area contributed by atoms with E-state index in [1.807, 2.05) is 18.2 Å². The zero-order valence-electron chi connectivity index (χ0n) is 9.18. The van der Waals surface area contributed by atoms with Crippen molar-refractivity contribution in [3.8, 4) is 0 Å². The Morgan fingerprint density at radius 3 is 2.87 bits per heavy atom. The fourth-order valence-electron chi connectivity index (χ4n) is 1.35. The average molecular weight is 223 g/mol. The summed E-state index contributed by atoms with van der Waals surface area (Å²) in [5.41, 5.74) is 6.58. The molecular weight excluding hydrogens is 206 g/mol. The van der Waals surface area contributed by atoms with Crippen LogP contribution < -0.4 is 5.73 Å². The maximum absolute atomic E-state index is 5.51. The third-order valence-electron chi connectivity index (χ3n) is 2.39. The molecule has 0 spiro atoms. The highest BCUT2D eigenvalue weighted by molar-refractivity contribution is 7.80. The highest BCUT2D eigenvalue weighted by atomic mass is 32.1. The van der Waals surface area contributed by atoms with Crippen LogP contribution in [0.3, 0.4) is 0 Å². The normalized spacial score (nSPS) is 12.7. The van der Waals surface area contributed by atoms with Crippen LogP contribution in [0.25, 0.3) is 0 Å². The number of hydrogen-bond acceptors (Lipinski definition) is 3. The van der Waals surface area contributed by atoms with Gasteiger partial charge in [0.15, 0.2) is 0 Å². The molecule has 0 saturated carbocycles. The molecule has 0 saturated heterocycles. The van der Waals surface area contributed by atoms with Gasteiger partial charge in [0.1, 0.15) is 0 Å². The van der Waals surface area contributed by atoms with Crippen molar-refractivity contribution in [3.05, 3.63) is 30.1 Å². The first-order valence-corrected chi connectivity index (χ1v) is 5.39. The number of thiocarbonyl (C=S) groups is 1. The number of nitrogens with zero attached hydrogens (tertiary/aromatic N) is 2. The lowest BCUT2D eigenvalue weighted by Crippen LogP contribution is -2.32. The molecule has 1 rings (SSSR count). The monoisotopic (exact) mass is 223 g/mol. The fourth-order valence-corrected chi connectivity index (χ4v) is 1.59. The first-order valence-electron chi connectivity index (χ1n) is 4.98. The SMILES string of the molecule is CC(CC(N)=S)N(C)Cc1ccccn1. The summed E-state index contributed by atoms with van der Waals surface area (Å²) in [6.45, 7) is 2.94. The van der Waals surface area contributed by atoms with Gasteiger partial charge in [0, 0.05) is 25.2 Å². The van der Waals surface area contributed by atoms with E-state index in [2.05, 4.69) is 23.9 Å². The summed E-state index contributed by atoms with van der Waals surface area (Å²) >= 11 is 4.89. The number of pyridine rings is 1. The summed E-state index contributed by atoms with van der Waals surface area (Å²) in [5.74, 6) is 0. The van der Waals surface area contributed by atoms with E-state index in [1.54, 1.807) is 6.20 Å². The minimum absolute atomic E-state index is 0.351. The Kier molecular flexibility index (Phi) is 4.65. The molecule has 2 N–H and O–H groups in total. The van der Waals surface area contributed by atoms with Crippen LogP contribution in [0.15, 0.2) is 24.4 Å². The zero-order chi connectivity index (χ0) is 11.3. The molecule has 1 aromatic rings. The van der Waals surface area contributed by atoms with E-state index in [0.29, 0.717) is 11.0 Å². The van der Waals surface area contributed by atoms with Crippen molar-refractivity contribution in [2.24, 2.45) is 5.73 Å². The Morgan fingerprint density at radius 1 is 1.60 bits per heavy atom. The van der Waals surface area contributed by atoms with Crippen LogP contribution in [0.4, 0.5) is 0 Å². The maximum Gasteiger partial charge on any atom is 0.0742 e. The van der Waals surface area contributed by atoms with Gasteiger partial charge in [0.05, 0.1) is 10.7 Å². The van der Waals surface area contributed by atoms with Crippen LogP contribution in [0, 0.1) is 0 Å². The van der Waals surface area contributed by atoms with E-state index in [4.69, 9.17) is 18.0 Å². The molecule has 0 aromatic carbocycles. The Morgan fingerprint density at radius 2 is 2.33 bits per heavy atom. The minimum atomic E-state index is 0.351. The molecule has 1 atom stereocenters. The fraction of sp³-hybridized carbons (Fsp3) is 0.455. The second kappa shape index (κ2) is 5.78. The van der Waals surface area contributed by atoms with Gasteiger partial charge in [-0.05, 0) is 26.1 Å². The average Bonchev–Trinajstić information content (AvgIpc) is 2.18. The first-order chi connectivity index (χ1) is 7.09. The molecule has 15 heavy (non-hydrogen) atoms. The molecule has 0 radical (unpaired) electrons. The van der Waals surface area contributed by atoms with Gasteiger partial charge in [0.2, 0.25) is 0 Å². The maximum atomic E-state index is 5.51. The molecule has 4 heteroatoms. The Labute approximate surface area is 96.3 Å². The molecule has 1 heterocycles. The molecule has 0 amide bonds. The van der Waals surface area contributed by atoms with Crippen LogP contribution >= 0.6 is 12.2 Å². The lowest BCUT2D eigenvalue weighted by atomic mass is 10.2. The van der Waals surface area contributed by atoms with Gasteiger partial charge in [-0.3, -0.25) is 9.88 Å². The van der Waals surface area contributed by atoms with Crippen LogP contribution in [0.1, 0.15) is 19.0 Å². The van der Waals surface area contributed by atoms with Gasteiger partial charge in [-0.15, -0.1) is 0 Å². The lowest BCUT2D eigenvalue weighted by molar-refractivity contribution is 0.252. The Bertz CT molecular complexity index is 313. The molecule has 0 aliphatic rings. The second-order valence-electron chi connectivity index (χ2n) is 3.76. The van der Waals surface area contributed by atoms with Gasteiger partial charge < -0.3 is 5.73 Å². The zero-order valence-corrected chi connectivity index (χ0v) is 10.00. The number of nitrogens with two attached hydrogens (primary N) is 1. The molecule has 3 nitrogen and oxygen atoms in total. The van der Waals surface area contributed by atoms with E-state index in [9.17, 15) is 0 Å². The Balaban J connectivity index is 2.48. The first kappa shape index (κ1) is 12.1. The highest BCUT2D eigenvalue weighted by Crippen LogP contribution is 2.06. The summed E-state index contributed by atoms with van der Waals surface area (Å²) in [5, 5.41) is 0. The number of hydrogen-bond donors (Lipinski definition) is 1. The van der Waals surface area contributed by atoms with E-state index >= 15 is 0 Å². The van der Waals surface area contributed by atoms with E-state index in [0.717, 1.165) is 18.7 Å². The summed E-state index contributed by atoms with van der Waals surface area (Å²) in [6, 6.07) is 6.28. The molecule has 82 valence electrons. The van der Waals surface area contributed by atoms with Crippen molar-refractivity contribution in [2.75, 3.05) is 7.05 Å². The van der Waals surface area contributed by atoms with Crippen LogP contribution in [-0.2, 0) is 6.54 Å². The summed E-state index contributed by atoms with van der Waals surface area (Å²) in [4.78, 5) is 7.04. The van der Waals surface area contributed by atoms with Crippen molar-refractivity contribution in [1.82, 2.24) is 9.88 Å². The largest absolute Gasteiger partial charge is 0.393 e. The Hall–Kier alpha value is -1.00. The van der Waals surface area contributed by atoms with Crippen molar-refractivity contribution in [3.63, 3.8) is 0 Å². The third kappa shape index (κ3) is 4.36. The highest BCUT2D eigenvalue weighted by Gasteiger charge is 2.10. The third-order valence-corrected chi connectivity index (χ3v) is 2.55. The molecule has 0 aliphatic carbocycles. The predicted octanol–water partition coefficient (Wildman–Crippen LogP) is 1.58. The van der Waals surface area contributed by atoms with Gasteiger partial charge >= 0.3 is 0 Å². The topological polar surface area (TPSA) is 42.1 Å². The van der Waals surface area contributed by atoms with Crippen molar-refractivity contribution in [1.29, 1.82) is 0 Å². The van der Waals surface area contributed by atoms with Crippen molar-refractivity contribution >= 4 is 17.2 Å². The van der Waals surface area contributed by atoms with Gasteiger partial charge in [-0.1, -0.05) is 18.3 Å². The molecular formula is C11H17N3S. The second-order valence-corrected chi connectivity index (χ2v) is 4.28. The molecule has 0 fully saturated rings. The lowest BCUT2D eigenvalue weighted by Gasteiger charge is -2.23. The molecule has 0 aliphatic heterocycles. The number of rotatable bonds is 5. The van der Waals surface area contributed by atoms with Crippen LogP contribution in [0.2, 0.25) is 0 Å². The summed E-state index contributed by atoms with van der Waals surface area (Å²) < 4.78 is 0. The molecule has 0 bridgehead atoms. The number of aromatic nitrogens is 1. The summed E-state index contributed by atoms with van der Waals surface area (Å²) in [7, 11) is 2.05. The molecule has 1 aromatic heterocycles. The molecule has 1 unspecified atom stereocenters. The van der Waals surface area contributed by atoms with Gasteiger partial charge in [0.25, 0.3) is 0 Å². The van der Waals surface area contributed by atoms with E-state index in [-0.39, 0.29) is 0 Å². The predicted molar refractivity (Wildman–Crippen MR) is 66.6 cm³/mol. The van der Waals surface area contributed by atoms with Crippen molar-refractivity contribution in [2.45, 2.75) is 25.9 Å². The quantitative estimate of drug-likeness (QED) is 0.770. The van der Waals surface area contributed by atoms with E-state index in [1.165, 1.54) is 0 Å². The minimum Gasteiger partial charge on any atom is -0.393 e. The van der Waals surface area contributed by atoms with Crippen LogP contribution in [0.5, 0.6) is 0 Å². The summed E-state index contributed by atoms with van der Waals surface area (Å²) in [6.07, 6.45) is 2.56. The van der Waals surface area contributed by atoms with Gasteiger partial charge in [-0.25, -0.2) is 0 Å². The van der Waals surface area contributed by atoms with Crippen molar-refractivity contribution < 1.29 is 0 Å². The smallest absolute Gasteiger partial charge is 0.0742 e. The standard InChI is InChI=1S/C11H17N3S/c1-9(7-11(12)15)14(2)8-10-5-3-4-6-13-10/h3-6,9H,7-8H2,1-2H3,(H2,12,15). The van der Waals surface area contributed by atoms with E-state index < -0.39 is 0 Å². The van der Waals surface area contributed by atoms with Crippen LogP contribution in [-0.4, -0.2) is 28.0 Å².